The van der Waals surface area contributed by atoms with E-state index in [4.69, 9.17) is 11.6 Å². The van der Waals surface area contributed by atoms with Crippen molar-refractivity contribution < 1.29 is 9.59 Å². The summed E-state index contributed by atoms with van der Waals surface area (Å²) in [5, 5.41) is 15.7. The van der Waals surface area contributed by atoms with Gasteiger partial charge in [0.15, 0.2) is 11.0 Å². The lowest BCUT2D eigenvalue weighted by Crippen LogP contribution is -2.34. The van der Waals surface area contributed by atoms with E-state index in [0.29, 0.717) is 28.1 Å². The zero-order valence-corrected chi connectivity index (χ0v) is 21.6. The standard InChI is InChI=1S/C25H30ClN5O2S/c1-6-31-23(22(15(2)3)28-24(33)18-9-7-8-10-19(18)26)29-30-25(31)34-14-21(32)27-20-13-16(4)11-12-17(20)5/h7-13,15,22H,6,14H2,1-5H3,(H,27,32)(H,28,33)/t22-/m0/s1. The number of hydrogen-bond acceptors (Lipinski definition) is 5. The van der Waals surface area contributed by atoms with Crippen LogP contribution in [0.1, 0.15) is 54.1 Å². The summed E-state index contributed by atoms with van der Waals surface area (Å²) < 4.78 is 1.94. The highest BCUT2D eigenvalue weighted by Crippen LogP contribution is 2.26. The first kappa shape index (κ1) is 25.8. The Morgan fingerprint density at radius 1 is 1.12 bits per heavy atom. The Morgan fingerprint density at radius 2 is 1.85 bits per heavy atom. The van der Waals surface area contributed by atoms with Gasteiger partial charge in [-0.1, -0.05) is 61.5 Å². The van der Waals surface area contributed by atoms with Gasteiger partial charge in [0.2, 0.25) is 5.91 Å². The van der Waals surface area contributed by atoms with Gasteiger partial charge in [0.05, 0.1) is 22.4 Å². The molecule has 0 saturated heterocycles. The molecule has 9 heteroatoms. The van der Waals surface area contributed by atoms with Crippen molar-refractivity contribution >= 4 is 40.9 Å². The number of thioether (sulfide) groups is 1. The zero-order valence-electron chi connectivity index (χ0n) is 20.1. The monoisotopic (exact) mass is 499 g/mol. The predicted octanol–water partition coefficient (Wildman–Crippen LogP) is 5.43. The van der Waals surface area contributed by atoms with Gasteiger partial charge in [-0.3, -0.25) is 9.59 Å². The van der Waals surface area contributed by atoms with Crippen LogP contribution in [0.2, 0.25) is 5.02 Å². The summed E-state index contributed by atoms with van der Waals surface area (Å²) in [5.74, 6) is 0.529. The van der Waals surface area contributed by atoms with Crippen LogP contribution in [-0.2, 0) is 11.3 Å². The molecule has 2 N–H and O–H groups in total. The van der Waals surface area contributed by atoms with Crippen LogP contribution < -0.4 is 10.6 Å². The topological polar surface area (TPSA) is 88.9 Å². The Balaban J connectivity index is 1.73. The SMILES string of the molecule is CCn1c(SCC(=O)Nc2cc(C)ccc2C)nnc1[C@@H](NC(=O)c1ccccc1Cl)C(C)C. The molecule has 0 radical (unpaired) electrons. The number of carbonyl (C=O) groups is 2. The molecule has 1 heterocycles. The third-order valence-electron chi connectivity index (χ3n) is 5.41. The average molecular weight is 500 g/mol. The average Bonchev–Trinajstić information content (AvgIpc) is 3.21. The summed E-state index contributed by atoms with van der Waals surface area (Å²) in [6.45, 7) is 10.6. The van der Waals surface area contributed by atoms with Crippen LogP contribution in [0, 0.1) is 19.8 Å². The second-order valence-corrected chi connectivity index (χ2v) is 9.76. The lowest BCUT2D eigenvalue weighted by atomic mass is 10.0. The number of nitrogens with zero attached hydrogens (tertiary/aromatic N) is 3. The van der Waals surface area contributed by atoms with Gasteiger partial charge in [-0.15, -0.1) is 10.2 Å². The first-order valence-corrected chi connectivity index (χ1v) is 12.6. The molecule has 0 saturated carbocycles. The highest BCUT2D eigenvalue weighted by Gasteiger charge is 2.26. The molecule has 7 nitrogen and oxygen atoms in total. The van der Waals surface area contributed by atoms with E-state index in [1.807, 2.05) is 57.4 Å². The number of anilines is 1. The molecule has 3 rings (SSSR count). The summed E-state index contributed by atoms with van der Waals surface area (Å²) in [7, 11) is 0. The number of aryl methyl sites for hydroxylation is 2. The van der Waals surface area contributed by atoms with Gasteiger partial charge in [-0.05, 0) is 56.0 Å². The molecular weight excluding hydrogens is 470 g/mol. The van der Waals surface area contributed by atoms with Crippen molar-refractivity contribution in [3.63, 3.8) is 0 Å². The second-order valence-electron chi connectivity index (χ2n) is 8.42. The van der Waals surface area contributed by atoms with Gasteiger partial charge in [0.25, 0.3) is 5.91 Å². The summed E-state index contributed by atoms with van der Waals surface area (Å²) in [6.07, 6.45) is 0. The molecule has 1 atom stereocenters. The fraction of sp³-hybridized carbons (Fsp3) is 0.360. The summed E-state index contributed by atoms with van der Waals surface area (Å²) >= 11 is 7.52. The molecule has 2 aromatic carbocycles. The van der Waals surface area contributed by atoms with Crippen LogP contribution in [0.3, 0.4) is 0 Å². The van der Waals surface area contributed by atoms with E-state index in [1.165, 1.54) is 11.8 Å². The van der Waals surface area contributed by atoms with Gasteiger partial charge in [-0.25, -0.2) is 0 Å². The Labute approximate surface area is 209 Å². The van der Waals surface area contributed by atoms with Crippen molar-refractivity contribution in [2.75, 3.05) is 11.1 Å². The Hall–Kier alpha value is -2.84. The zero-order chi connectivity index (χ0) is 24.8. The minimum atomic E-state index is -0.366. The first-order chi connectivity index (χ1) is 16.2. The van der Waals surface area contributed by atoms with Crippen molar-refractivity contribution in [1.82, 2.24) is 20.1 Å². The van der Waals surface area contributed by atoms with Crippen molar-refractivity contribution in [2.45, 2.75) is 52.4 Å². The van der Waals surface area contributed by atoms with Crippen LogP contribution >= 0.6 is 23.4 Å². The number of nitrogens with one attached hydrogen (secondary N) is 2. The predicted molar refractivity (Wildman–Crippen MR) is 137 cm³/mol. The third-order valence-corrected chi connectivity index (χ3v) is 6.71. The van der Waals surface area contributed by atoms with E-state index in [9.17, 15) is 9.59 Å². The summed E-state index contributed by atoms with van der Waals surface area (Å²) in [5.41, 5.74) is 3.32. The Kier molecular flexibility index (Phi) is 8.74. The minimum absolute atomic E-state index is 0.0615. The molecule has 180 valence electrons. The maximum absolute atomic E-state index is 12.9. The molecule has 0 unspecified atom stereocenters. The minimum Gasteiger partial charge on any atom is -0.342 e. The quantitative estimate of drug-likeness (QED) is 0.383. The van der Waals surface area contributed by atoms with Crippen LogP contribution in [0.25, 0.3) is 0 Å². The Bertz CT molecular complexity index is 1180. The number of amides is 2. The molecule has 34 heavy (non-hydrogen) atoms. The number of halogens is 1. The lowest BCUT2D eigenvalue weighted by molar-refractivity contribution is -0.113. The molecule has 0 aliphatic rings. The normalized spacial score (nSPS) is 12.0. The van der Waals surface area contributed by atoms with Crippen molar-refractivity contribution in [3.8, 4) is 0 Å². The van der Waals surface area contributed by atoms with Crippen LogP contribution in [0.5, 0.6) is 0 Å². The van der Waals surface area contributed by atoms with E-state index >= 15 is 0 Å². The highest BCUT2D eigenvalue weighted by atomic mass is 35.5. The molecule has 0 spiro atoms. The van der Waals surface area contributed by atoms with Crippen LogP contribution in [0.15, 0.2) is 47.6 Å². The van der Waals surface area contributed by atoms with E-state index in [0.717, 1.165) is 16.8 Å². The largest absolute Gasteiger partial charge is 0.342 e. The number of benzene rings is 2. The second kappa shape index (κ2) is 11.5. The van der Waals surface area contributed by atoms with Crippen molar-refractivity contribution in [3.05, 3.63) is 70.0 Å². The molecule has 0 fully saturated rings. The lowest BCUT2D eigenvalue weighted by Gasteiger charge is -2.22. The number of hydrogen-bond donors (Lipinski definition) is 2. The number of rotatable bonds is 9. The first-order valence-electron chi connectivity index (χ1n) is 11.2. The number of carbonyl (C=O) groups excluding carboxylic acids is 2. The molecule has 3 aromatic rings. The molecule has 0 bridgehead atoms. The number of aromatic nitrogens is 3. The van der Waals surface area contributed by atoms with Crippen LogP contribution in [0.4, 0.5) is 5.69 Å². The molecular formula is C25H30ClN5O2S. The molecule has 2 amide bonds. The Morgan fingerprint density at radius 3 is 2.53 bits per heavy atom. The summed E-state index contributed by atoms with van der Waals surface area (Å²) in [6, 6.07) is 12.5. The fourth-order valence-electron chi connectivity index (χ4n) is 3.51. The van der Waals surface area contributed by atoms with Crippen LogP contribution in [-0.4, -0.2) is 32.3 Å². The van der Waals surface area contributed by atoms with Crippen molar-refractivity contribution in [1.29, 1.82) is 0 Å². The van der Waals surface area contributed by atoms with Crippen molar-refractivity contribution in [2.24, 2.45) is 5.92 Å². The van der Waals surface area contributed by atoms with Gasteiger partial charge in [-0.2, -0.15) is 0 Å². The smallest absolute Gasteiger partial charge is 0.253 e. The van der Waals surface area contributed by atoms with Gasteiger partial charge in [0.1, 0.15) is 0 Å². The van der Waals surface area contributed by atoms with E-state index in [-0.39, 0.29) is 29.5 Å². The molecule has 0 aliphatic carbocycles. The third kappa shape index (κ3) is 6.18. The van der Waals surface area contributed by atoms with E-state index in [2.05, 4.69) is 20.8 Å². The van der Waals surface area contributed by atoms with E-state index < -0.39 is 0 Å². The molecule has 1 aromatic heterocycles. The maximum Gasteiger partial charge on any atom is 0.253 e. The maximum atomic E-state index is 12.9. The molecule has 0 aliphatic heterocycles. The van der Waals surface area contributed by atoms with E-state index in [1.54, 1.807) is 24.3 Å². The summed E-state index contributed by atoms with van der Waals surface area (Å²) in [4.78, 5) is 25.5. The fourth-order valence-corrected chi connectivity index (χ4v) is 4.55. The highest BCUT2D eigenvalue weighted by molar-refractivity contribution is 7.99. The van der Waals surface area contributed by atoms with Gasteiger partial charge < -0.3 is 15.2 Å². The van der Waals surface area contributed by atoms with Gasteiger partial charge >= 0.3 is 0 Å². The van der Waals surface area contributed by atoms with Gasteiger partial charge in [0, 0.05) is 12.2 Å².